The van der Waals surface area contributed by atoms with Crippen LogP contribution in [-0.2, 0) is 13.0 Å². The lowest BCUT2D eigenvalue weighted by molar-refractivity contribution is 0.0724. The second-order valence-electron chi connectivity index (χ2n) is 10.5. The van der Waals surface area contributed by atoms with Crippen molar-refractivity contribution in [1.82, 2.24) is 9.47 Å². The van der Waals surface area contributed by atoms with Crippen LogP contribution in [0.3, 0.4) is 0 Å². The number of allylic oxidation sites excluding steroid dienone is 2. The smallest absolute Gasteiger partial charge is 0.254 e. The first kappa shape index (κ1) is 29.1. The summed E-state index contributed by atoms with van der Waals surface area (Å²) in [4.78, 5) is 21.4. The number of rotatable bonds is 10. The van der Waals surface area contributed by atoms with E-state index in [0.29, 0.717) is 25.1 Å². The van der Waals surface area contributed by atoms with Gasteiger partial charge in [-0.05, 0) is 75.1 Å². The number of methoxy groups -OCH3 is 1. The Bertz CT molecular complexity index is 1500. The first-order valence-electron chi connectivity index (χ1n) is 13.6. The highest BCUT2D eigenvalue weighted by Gasteiger charge is 2.28. The lowest BCUT2D eigenvalue weighted by Crippen LogP contribution is -2.45. The predicted molar refractivity (Wildman–Crippen MR) is 163 cm³/mol. The number of aryl methyl sites for hydroxylation is 1. The first-order valence-corrected chi connectivity index (χ1v) is 13.6. The molecular weight excluding hydrogens is 505 g/mol. The van der Waals surface area contributed by atoms with Gasteiger partial charge in [0.25, 0.3) is 5.91 Å². The average molecular weight is 546 g/mol. The number of nitrogens with two attached hydrogens (primary N) is 1. The highest BCUT2D eigenvalue weighted by molar-refractivity contribution is 5.98. The summed E-state index contributed by atoms with van der Waals surface area (Å²) in [5, 5.41) is 1.06. The minimum Gasteiger partial charge on any atom is -0.495 e. The molecule has 0 aliphatic carbocycles. The summed E-state index contributed by atoms with van der Waals surface area (Å²) in [6.45, 7) is 13.3. The molecule has 0 saturated carbocycles. The minimum atomic E-state index is -0.665. The van der Waals surface area contributed by atoms with Crippen LogP contribution in [0.1, 0.15) is 48.0 Å². The maximum absolute atomic E-state index is 13.2. The number of aliphatic imine (C=N–C) groups is 1. The lowest BCUT2D eigenvalue weighted by atomic mass is 9.95. The highest BCUT2D eigenvalue weighted by Crippen LogP contribution is 2.36. The van der Waals surface area contributed by atoms with Crippen LogP contribution in [0.5, 0.6) is 5.75 Å². The van der Waals surface area contributed by atoms with E-state index < -0.39 is 12.7 Å². The summed E-state index contributed by atoms with van der Waals surface area (Å²) in [5.74, 6) is 0.699. The molecule has 1 aliphatic heterocycles. The van der Waals surface area contributed by atoms with E-state index >= 15 is 0 Å². The number of fused-ring (bicyclic) bond motifs is 2. The van der Waals surface area contributed by atoms with Gasteiger partial charge in [0.2, 0.25) is 0 Å². The van der Waals surface area contributed by atoms with Crippen LogP contribution >= 0.6 is 0 Å². The molecule has 2 heterocycles. The number of aromatic nitrogens is 1. The molecule has 3 aromatic rings. The molecule has 1 amide bonds. The number of carbonyl (C=O) groups is 1. The fourth-order valence-corrected chi connectivity index (χ4v) is 5.37. The van der Waals surface area contributed by atoms with Crippen LogP contribution < -0.4 is 15.4 Å². The van der Waals surface area contributed by atoms with E-state index in [2.05, 4.69) is 46.2 Å². The Morgan fingerprint density at radius 1 is 1.30 bits per heavy atom. The summed E-state index contributed by atoms with van der Waals surface area (Å²) in [5.41, 5.74) is 14.3. The molecule has 0 spiro atoms. The summed E-state index contributed by atoms with van der Waals surface area (Å²) < 4.78 is 21.0. The van der Waals surface area contributed by atoms with Crippen LogP contribution in [0.2, 0.25) is 0 Å². The Kier molecular flexibility index (Phi) is 8.79. The van der Waals surface area contributed by atoms with Gasteiger partial charge in [0.1, 0.15) is 12.4 Å². The molecular formula is C32H40FN5O2. The Morgan fingerprint density at radius 2 is 2.05 bits per heavy atom. The van der Waals surface area contributed by atoms with Gasteiger partial charge in [-0.25, -0.2) is 4.39 Å². The number of carbonyl (C=O) groups excluding carboxylic acids is 1. The first-order chi connectivity index (χ1) is 19.1. The maximum atomic E-state index is 13.2. The fraction of sp³-hybridized carbons (Fsp3) is 0.375. The molecule has 0 radical (unpaired) electrons. The van der Waals surface area contributed by atoms with Gasteiger partial charge >= 0.3 is 0 Å². The molecule has 1 unspecified atom stereocenters. The van der Waals surface area contributed by atoms with Gasteiger partial charge in [0, 0.05) is 55.2 Å². The Hall–Kier alpha value is -3.91. The number of nitrogens with zero attached hydrogens (tertiary/aromatic N) is 4. The largest absolute Gasteiger partial charge is 0.495 e. The zero-order valence-electron chi connectivity index (χ0n) is 24.4. The van der Waals surface area contributed by atoms with E-state index in [-0.39, 0.29) is 12.5 Å². The van der Waals surface area contributed by atoms with Gasteiger partial charge in [0.15, 0.2) is 0 Å². The quantitative estimate of drug-likeness (QED) is 0.330. The number of hydrogen-bond acceptors (Lipinski definition) is 5. The zero-order chi connectivity index (χ0) is 29.1. The van der Waals surface area contributed by atoms with Gasteiger partial charge in [0.05, 0.1) is 30.1 Å². The number of anilines is 1. The van der Waals surface area contributed by atoms with Crippen molar-refractivity contribution in [3.05, 3.63) is 76.6 Å². The van der Waals surface area contributed by atoms with E-state index in [4.69, 9.17) is 10.5 Å². The van der Waals surface area contributed by atoms with E-state index in [9.17, 15) is 9.18 Å². The lowest BCUT2D eigenvalue weighted by Gasteiger charge is -2.32. The van der Waals surface area contributed by atoms with Crippen molar-refractivity contribution in [3.8, 4) is 5.75 Å². The van der Waals surface area contributed by atoms with Crippen molar-refractivity contribution >= 4 is 34.4 Å². The third kappa shape index (κ3) is 5.54. The summed E-state index contributed by atoms with van der Waals surface area (Å²) in [7, 11) is 3.69. The molecule has 0 saturated heterocycles. The second kappa shape index (κ2) is 12.1. The molecule has 40 heavy (non-hydrogen) atoms. The summed E-state index contributed by atoms with van der Waals surface area (Å²) >= 11 is 0. The number of halogens is 1. The van der Waals surface area contributed by atoms with E-state index in [0.717, 1.165) is 56.1 Å². The van der Waals surface area contributed by atoms with E-state index in [1.165, 1.54) is 0 Å². The van der Waals surface area contributed by atoms with Crippen LogP contribution in [0.25, 0.3) is 16.6 Å². The predicted octanol–water partition coefficient (Wildman–Crippen LogP) is 5.75. The molecule has 8 heteroatoms. The molecule has 2 N–H and O–H groups in total. The molecule has 212 valence electrons. The van der Waals surface area contributed by atoms with Crippen molar-refractivity contribution in [2.24, 2.45) is 10.7 Å². The molecule has 1 aromatic heterocycles. The topological polar surface area (TPSA) is 76.1 Å². The van der Waals surface area contributed by atoms with Crippen LogP contribution in [0.15, 0.2) is 59.2 Å². The normalized spacial score (nSPS) is 14.9. The van der Waals surface area contributed by atoms with Gasteiger partial charge in [-0.2, -0.15) is 0 Å². The minimum absolute atomic E-state index is 0.0964. The zero-order valence-corrected chi connectivity index (χ0v) is 24.4. The van der Waals surface area contributed by atoms with Crippen molar-refractivity contribution in [2.45, 2.75) is 46.7 Å². The third-order valence-corrected chi connectivity index (χ3v) is 7.74. The molecule has 1 aliphatic rings. The second-order valence-corrected chi connectivity index (χ2v) is 10.5. The van der Waals surface area contributed by atoms with Gasteiger partial charge in [-0.1, -0.05) is 18.7 Å². The molecule has 1 atom stereocenters. The Labute approximate surface area is 236 Å². The fourth-order valence-electron chi connectivity index (χ4n) is 5.37. The Balaban J connectivity index is 1.74. The molecule has 4 rings (SSSR count). The van der Waals surface area contributed by atoms with Crippen LogP contribution in [-0.4, -0.2) is 61.6 Å². The van der Waals surface area contributed by atoms with Crippen molar-refractivity contribution in [3.63, 3.8) is 0 Å². The standard InChI is InChI=1S/C32H40FN5O2/c1-8-35-22(4)21(3)18-38-29(16-25-10-9-11-30(40-7)31(25)38)23(5)36(6)28-15-24-12-13-37(19-26(34)17-33)32(39)27(24)14-20(28)2/h8-11,14-16,26H,5,12-13,17-19,34H2,1-4,6-7H3/b22-21+,35-8?. The maximum Gasteiger partial charge on any atom is 0.254 e. The SMILES string of the molecule is C=C(c1cc2cccc(OC)c2n1C/C(C)=C(\C)N=CC)N(C)c1cc2c(cc1C)C(=O)N(CC(N)CF)CC2. The molecule has 0 fully saturated rings. The highest BCUT2D eigenvalue weighted by atomic mass is 19.1. The van der Waals surface area contributed by atoms with Crippen molar-refractivity contribution < 1.29 is 13.9 Å². The van der Waals surface area contributed by atoms with Gasteiger partial charge < -0.3 is 24.8 Å². The van der Waals surface area contributed by atoms with Gasteiger partial charge in [-0.15, -0.1) is 0 Å². The Morgan fingerprint density at radius 3 is 2.73 bits per heavy atom. The number of benzene rings is 2. The number of para-hydroxylation sites is 1. The van der Waals surface area contributed by atoms with E-state index in [1.54, 1.807) is 18.2 Å². The molecule has 0 bridgehead atoms. The van der Waals surface area contributed by atoms with Crippen molar-refractivity contribution in [2.75, 3.05) is 38.8 Å². The number of hydrogen-bond donors (Lipinski definition) is 1. The van der Waals surface area contributed by atoms with Gasteiger partial charge in [-0.3, -0.25) is 9.79 Å². The average Bonchev–Trinajstić information content (AvgIpc) is 3.32. The number of alkyl halides is 1. The summed E-state index contributed by atoms with van der Waals surface area (Å²) in [6.07, 6.45) is 2.49. The van der Waals surface area contributed by atoms with E-state index in [1.807, 2.05) is 46.0 Å². The number of ether oxygens (including phenoxy) is 1. The summed E-state index contributed by atoms with van der Waals surface area (Å²) in [6, 6.07) is 11.5. The van der Waals surface area contributed by atoms with Crippen molar-refractivity contribution in [1.29, 1.82) is 0 Å². The molecule has 2 aromatic carbocycles. The van der Waals surface area contributed by atoms with Crippen LogP contribution in [0, 0.1) is 6.92 Å². The van der Waals surface area contributed by atoms with Crippen LogP contribution in [0.4, 0.5) is 10.1 Å². The molecule has 7 nitrogen and oxygen atoms in total. The number of amides is 1. The monoisotopic (exact) mass is 545 g/mol. The third-order valence-electron chi connectivity index (χ3n) is 7.74.